The maximum atomic E-state index is 4.28. The van der Waals surface area contributed by atoms with Crippen molar-refractivity contribution in [1.29, 1.82) is 0 Å². The van der Waals surface area contributed by atoms with Gasteiger partial charge in [-0.15, -0.1) is 11.8 Å². The lowest BCUT2D eigenvalue weighted by Gasteiger charge is -2.27. The predicted octanol–water partition coefficient (Wildman–Crippen LogP) is 4.50. The van der Waals surface area contributed by atoms with Crippen molar-refractivity contribution in [2.75, 3.05) is 19.3 Å². The van der Waals surface area contributed by atoms with Crippen molar-refractivity contribution >= 4 is 17.5 Å². The Morgan fingerprint density at radius 2 is 1.76 bits per heavy atom. The van der Waals surface area contributed by atoms with Crippen molar-refractivity contribution in [3.8, 4) is 0 Å². The van der Waals surface area contributed by atoms with Crippen LogP contribution in [0, 0.1) is 0 Å². The Balaban J connectivity index is 2.92. The quantitative estimate of drug-likeness (QED) is 0.654. The lowest BCUT2D eigenvalue weighted by Crippen LogP contribution is -2.23. The molecule has 0 radical (unpaired) electrons. The number of hydrogen-bond donors (Lipinski definition) is 0. The minimum absolute atomic E-state index is 1.09. The lowest BCUT2D eigenvalue weighted by molar-refractivity contribution is 0.396. The van der Waals surface area contributed by atoms with Crippen LogP contribution in [0.4, 0.5) is 0 Å². The number of thioether (sulfide) groups is 1. The summed E-state index contributed by atoms with van der Waals surface area (Å²) in [5.74, 6) is 0. The molecule has 0 amide bonds. The molecule has 0 aliphatic carbocycles. The Bertz CT molecular complexity index is 354. The summed E-state index contributed by atoms with van der Waals surface area (Å²) in [6.07, 6.45) is 4.46. The van der Waals surface area contributed by atoms with Gasteiger partial charge in [-0.25, -0.2) is 0 Å². The van der Waals surface area contributed by atoms with E-state index in [1.807, 2.05) is 0 Å². The van der Waals surface area contributed by atoms with Crippen LogP contribution in [0.1, 0.15) is 32.3 Å². The van der Waals surface area contributed by atoms with Crippen LogP contribution in [0.15, 0.2) is 35.7 Å². The first-order valence-corrected chi connectivity index (χ1v) is 7.54. The van der Waals surface area contributed by atoms with E-state index in [1.54, 1.807) is 11.8 Å². The summed E-state index contributed by atoms with van der Waals surface area (Å²) >= 11 is 1.79. The van der Waals surface area contributed by atoms with Crippen LogP contribution < -0.4 is 0 Å². The van der Waals surface area contributed by atoms with Crippen molar-refractivity contribution in [2.45, 2.75) is 31.6 Å². The zero-order valence-electron chi connectivity index (χ0n) is 11.2. The molecule has 0 fully saturated rings. The summed E-state index contributed by atoms with van der Waals surface area (Å²) in [5.41, 5.74) is 2.44. The van der Waals surface area contributed by atoms with Gasteiger partial charge in [-0.05, 0) is 25.2 Å². The smallest absolute Gasteiger partial charge is 0.0378 e. The molecule has 0 aliphatic heterocycles. The van der Waals surface area contributed by atoms with Crippen molar-refractivity contribution in [3.63, 3.8) is 0 Å². The molecule has 0 spiro atoms. The lowest BCUT2D eigenvalue weighted by atomic mass is 10.1. The van der Waals surface area contributed by atoms with Gasteiger partial charge in [0.05, 0.1) is 0 Å². The second-order valence-corrected chi connectivity index (χ2v) is 4.98. The molecule has 0 N–H and O–H groups in total. The average Bonchev–Trinajstić information content (AvgIpc) is 2.37. The third kappa shape index (κ3) is 3.81. The Morgan fingerprint density at radius 1 is 1.18 bits per heavy atom. The van der Waals surface area contributed by atoms with Crippen LogP contribution in [0.25, 0.3) is 5.70 Å². The Kier molecular flexibility index (Phi) is 6.20. The van der Waals surface area contributed by atoms with Crippen LogP contribution in [0.2, 0.25) is 0 Å². The molecule has 0 saturated heterocycles. The maximum Gasteiger partial charge on any atom is 0.0378 e. The third-order valence-electron chi connectivity index (χ3n) is 2.79. The molecule has 1 aromatic rings. The predicted molar refractivity (Wildman–Crippen MR) is 79.4 cm³/mol. The highest BCUT2D eigenvalue weighted by atomic mass is 32.2. The summed E-state index contributed by atoms with van der Waals surface area (Å²) < 4.78 is 0. The molecule has 1 rings (SSSR count). The minimum atomic E-state index is 1.09. The van der Waals surface area contributed by atoms with E-state index in [2.05, 4.69) is 55.8 Å². The molecule has 94 valence electrons. The highest BCUT2D eigenvalue weighted by Crippen LogP contribution is 2.27. The fourth-order valence-electron chi connectivity index (χ4n) is 1.97. The molecule has 1 nitrogen and oxygen atoms in total. The van der Waals surface area contributed by atoms with E-state index in [0.717, 1.165) is 13.1 Å². The molecule has 0 aromatic heterocycles. The number of nitrogens with zero attached hydrogens (tertiary/aromatic N) is 1. The van der Waals surface area contributed by atoms with E-state index in [9.17, 15) is 0 Å². The SMILES string of the molecule is C=C(c1ccccc1SC)N(CCC)CCC. The monoisotopic (exact) mass is 249 g/mol. The van der Waals surface area contributed by atoms with Gasteiger partial charge in [0.1, 0.15) is 0 Å². The Labute approximate surface area is 110 Å². The number of rotatable bonds is 7. The molecule has 17 heavy (non-hydrogen) atoms. The zero-order valence-corrected chi connectivity index (χ0v) is 12.0. The van der Waals surface area contributed by atoms with Gasteiger partial charge in [0.2, 0.25) is 0 Å². The molecule has 2 heteroatoms. The summed E-state index contributed by atoms with van der Waals surface area (Å²) in [4.78, 5) is 3.71. The highest BCUT2D eigenvalue weighted by molar-refractivity contribution is 7.98. The molecule has 1 aromatic carbocycles. The second kappa shape index (κ2) is 7.44. The van der Waals surface area contributed by atoms with Crippen LogP contribution in [0.3, 0.4) is 0 Å². The van der Waals surface area contributed by atoms with Gasteiger partial charge in [-0.1, -0.05) is 38.6 Å². The molecule has 0 atom stereocenters. The van der Waals surface area contributed by atoms with E-state index < -0.39 is 0 Å². The van der Waals surface area contributed by atoms with E-state index >= 15 is 0 Å². The van der Waals surface area contributed by atoms with E-state index in [0.29, 0.717) is 0 Å². The summed E-state index contributed by atoms with van der Waals surface area (Å²) in [5, 5.41) is 0. The molecule has 0 heterocycles. The van der Waals surface area contributed by atoms with Crippen molar-refractivity contribution in [3.05, 3.63) is 36.4 Å². The van der Waals surface area contributed by atoms with Gasteiger partial charge in [0.15, 0.2) is 0 Å². The highest BCUT2D eigenvalue weighted by Gasteiger charge is 2.10. The standard InChI is InChI=1S/C15H23NS/c1-5-11-16(12-6-2)13(3)14-9-7-8-10-15(14)17-4/h7-10H,3,5-6,11-12H2,1-2,4H3. The van der Waals surface area contributed by atoms with Crippen molar-refractivity contribution in [2.24, 2.45) is 0 Å². The van der Waals surface area contributed by atoms with Crippen molar-refractivity contribution in [1.82, 2.24) is 4.90 Å². The summed E-state index contributed by atoms with van der Waals surface area (Å²) in [6, 6.07) is 8.52. The fourth-order valence-corrected chi connectivity index (χ4v) is 2.60. The van der Waals surface area contributed by atoms with Crippen LogP contribution >= 0.6 is 11.8 Å². The normalized spacial score (nSPS) is 10.3. The van der Waals surface area contributed by atoms with Gasteiger partial charge in [-0.2, -0.15) is 0 Å². The first kappa shape index (κ1) is 14.2. The molecule has 0 bridgehead atoms. The number of hydrogen-bond acceptors (Lipinski definition) is 2. The Hall–Kier alpha value is -0.890. The third-order valence-corrected chi connectivity index (χ3v) is 3.58. The number of benzene rings is 1. The minimum Gasteiger partial charge on any atom is -0.372 e. The summed E-state index contributed by atoms with van der Waals surface area (Å²) in [6.45, 7) is 10.9. The average molecular weight is 249 g/mol. The zero-order chi connectivity index (χ0) is 12.7. The van der Waals surface area contributed by atoms with Gasteiger partial charge < -0.3 is 4.90 Å². The Morgan fingerprint density at radius 3 is 2.29 bits per heavy atom. The second-order valence-electron chi connectivity index (χ2n) is 4.13. The van der Waals surface area contributed by atoms with E-state index in [4.69, 9.17) is 0 Å². The summed E-state index contributed by atoms with van der Waals surface area (Å²) in [7, 11) is 0. The maximum absolute atomic E-state index is 4.28. The molecule has 0 aliphatic rings. The van der Waals surface area contributed by atoms with Gasteiger partial charge in [-0.3, -0.25) is 0 Å². The van der Waals surface area contributed by atoms with Crippen LogP contribution in [-0.4, -0.2) is 24.2 Å². The molecule has 0 saturated carbocycles. The first-order chi connectivity index (χ1) is 8.24. The molecular weight excluding hydrogens is 226 g/mol. The van der Waals surface area contributed by atoms with Gasteiger partial charge in [0, 0.05) is 29.2 Å². The van der Waals surface area contributed by atoms with Gasteiger partial charge in [0.25, 0.3) is 0 Å². The largest absolute Gasteiger partial charge is 0.372 e. The van der Waals surface area contributed by atoms with Crippen molar-refractivity contribution < 1.29 is 0 Å². The van der Waals surface area contributed by atoms with E-state index in [1.165, 1.54) is 29.0 Å². The van der Waals surface area contributed by atoms with Crippen LogP contribution in [0.5, 0.6) is 0 Å². The first-order valence-electron chi connectivity index (χ1n) is 6.31. The van der Waals surface area contributed by atoms with Crippen LogP contribution in [-0.2, 0) is 0 Å². The topological polar surface area (TPSA) is 3.24 Å². The molecule has 0 unspecified atom stereocenters. The molecular formula is C15H23NS. The fraction of sp³-hybridized carbons (Fsp3) is 0.467. The van der Waals surface area contributed by atoms with E-state index in [-0.39, 0.29) is 0 Å². The van der Waals surface area contributed by atoms with Gasteiger partial charge >= 0.3 is 0 Å².